The van der Waals surface area contributed by atoms with E-state index >= 15 is 0 Å². The average molecular weight is 315 g/mol. The summed E-state index contributed by atoms with van der Waals surface area (Å²) in [4.78, 5) is 12.4. The molecule has 4 nitrogen and oxygen atoms in total. The summed E-state index contributed by atoms with van der Waals surface area (Å²) in [6.45, 7) is 7.57. The van der Waals surface area contributed by atoms with Gasteiger partial charge in [-0.25, -0.2) is 0 Å². The zero-order valence-electron chi connectivity index (χ0n) is 13.1. The van der Waals surface area contributed by atoms with E-state index < -0.39 is 5.41 Å². The summed E-state index contributed by atoms with van der Waals surface area (Å²) in [6.07, 6.45) is 1.48. The molecule has 3 N–H and O–H groups in total. The first-order chi connectivity index (χ1) is 9.61. The number of nitrogens with two attached hydrogens (primary N) is 1. The molecule has 0 aliphatic carbocycles. The molecular formula is C16H27ClN2O2. The molecule has 0 atom stereocenters. The number of rotatable bonds is 8. The topological polar surface area (TPSA) is 64.3 Å². The highest BCUT2D eigenvalue weighted by atomic mass is 35.5. The van der Waals surface area contributed by atoms with E-state index in [-0.39, 0.29) is 18.3 Å². The largest absolute Gasteiger partial charge is 0.377 e. The average Bonchev–Trinajstić information content (AvgIpc) is 2.48. The fourth-order valence-electron chi connectivity index (χ4n) is 2.17. The van der Waals surface area contributed by atoms with Crippen LogP contribution in [-0.2, 0) is 16.1 Å². The van der Waals surface area contributed by atoms with Crippen molar-refractivity contribution in [2.45, 2.75) is 40.2 Å². The lowest BCUT2D eigenvalue weighted by molar-refractivity contribution is -0.125. The van der Waals surface area contributed by atoms with Crippen molar-refractivity contribution in [1.29, 1.82) is 0 Å². The highest BCUT2D eigenvalue weighted by molar-refractivity contribution is 5.95. The lowest BCUT2D eigenvalue weighted by Crippen LogP contribution is -2.41. The Balaban J connectivity index is 0.00000400. The van der Waals surface area contributed by atoms with Gasteiger partial charge < -0.3 is 15.8 Å². The Hall–Kier alpha value is -1.10. The number of hydrogen-bond donors (Lipinski definition) is 2. The van der Waals surface area contributed by atoms with Gasteiger partial charge in [-0.1, -0.05) is 26.0 Å². The molecule has 0 saturated carbocycles. The summed E-state index contributed by atoms with van der Waals surface area (Å²) < 4.78 is 5.38. The van der Waals surface area contributed by atoms with Crippen molar-refractivity contribution in [3.05, 3.63) is 29.8 Å². The fraction of sp³-hybridized carbons (Fsp3) is 0.562. The summed E-state index contributed by atoms with van der Waals surface area (Å²) >= 11 is 0. The zero-order valence-corrected chi connectivity index (χ0v) is 14.0. The van der Waals surface area contributed by atoms with Gasteiger partial charge in [-0.3, -0.25) is 4.79 Å². The second-order valence-corrected chi connectivity index (χ2v) is 4.98. The standard InChI is InChI=1S/C16H26N2O2.ClH/c1-4-16(5-2,12-17)15(19)18-14-9-7-8-13(10-14)11-20-6-3;/h7-10H,4-6,11-12,17H2,1-3H3,(H,18,19);1H. The van der Waals surface area contributed by atoms with Crippen LogP contribution in [0.3, 0.4) is 0 Å². The SMILES string of the molecule is CCOCc1cccc(NC(=O)C(CC)(CC)CN)c1.Cl. The van der Waals surface area contributed by atoms with Crippen molar-refractivity contribution in [3.8, 4) is 0 Å². The molecule has 1 aromatic carbocycles. The molecule has 0 radical (unpaired) electrons. The number of carbonyl (C=O) groups excluding carboxylic acids is 1. The van der Waals surface area contributed by atoms with E-state index in [0.29, 0.717) is 19.8 Å². The van der Waals surface area contributed by atoms with E-state index in [0.717, 1.165) is 24.1 Å². The normalized spacial score (nSPS) is 10.9. The third-order valence-electron chi connectivity index (χ3n) is 3.88. The maximum absolute atomic E-state index is 12.4. The smallest absolute Gasteiger partial charge is 0.231 e. The van der Waals surface area contributed by atoms with Crippen molar-refractivity contribution in [1.82, 2.24) is 0 Å². The quantitative estimate of drug-likeness (QED) is 0.773. The summed E-state index contributed by atoms with van der Waals surface area (Å²) in [7, 11) is 0. The van der Waals surface area contributed by atoms with Gasteiger partial charge >= 0.3 is 0 Å². The third kappa shape index (κ3) is 5.30. The second kappa shape index (κ2) is 9.77. The molecule has 0 heterocycles. The maximum atomic E-state index is 12.4. The Morgan fingerprint density at radius 1 is 1.29 bits per heavy atom. The molecule has 21 heavy (non-hydrogen) atoms. The van der Waals surface area contributed by atoms with Crippen molar-refractivity contribution in [2.75, 3.05) is 18.5 Å². The lowest BCUT2D eigenvalue weighted by atomic mass is 9.81. The van der Waals surface area contributed by atoms with Gasteiger partial charge in [-0.15, -0.1) is 12.4 Å². The summed E-state index contributed by atoms with van der Waals surface area (Å²) in [6, 6.07) is 7.74. The minimum absolute atomic E-state index is 0. The van der Waals surface area contributed by atoms with Crippen molar-refractivity contribution < 1.29 is 9.53 Å². The number of ether oxygens (including phenoxy) is 1. The van der Waals surface area contributed by atoms with Crippen LogP contribution in [0.5, 0.6) is 0 Å². The van der Waals surface area contributed by atoms with Gasteiger partial charge in [0, 0.05) is 18.8 Å². The predicted molar refractivity (Wildman–Crippen MR) is 89.7 cm³/mol. The first kappa shape index (κ1) is 19.9. The molecule has 0 bridgehead atoms. The number of hydrogen-bond acceptors (Lipinski definition) is 3. The van der Waals surface area contributed by atoms with Crippen LogP contribution in [0.2, 0.25) is 0 Å². The number of nitrogens with one attached hydrogen (secondary N) is 1. The molecule has 1 amide bonds. The van der Waals surface area contributed by atoms with Crippen molar-refractivity contribution in [2.24, 2.45) is 11.1 Å². The fourth-order valence-corrected chi connectivity index (χ4v) is 2.17. The van der Waals surface area contributed by atoms with Crippen LogP contribution < -0.4 is 11.1 Å². The van der Waals surface area contributed by atoms with Gasteiger partial charge in [-0.05, 0) is 37.5 Å². The second-order valence-electron chi connectivity index (χ2n) is 4.98. The van der Waals surface area contributed by atoms with Crippen LogP contribution in [0, 0.1) is 5.41 Å². The van der Waals surface area contributed by atoms with Crippen LogP contribution in [0.4, 0.5) is 5.69 Å². The first-order valence-electron chi connectivity index (χ1n) is 7.30. The van der Waals surface area contributed by atoms with Gasteiger partial charge in [0.05, 0.1) is 12.0 Å². The molecule has 0 fully saturated rings. The number of halogens is 1. The summed E-state index contributed by atoms with van der Waals surface area (Å²) in [5, 5.41) is 2.98. The van der Waals surface area contributed by atoms with Crippen LogP contribution in [0.1, 0.15) is 39.2 Å². The molecule has 120 valence electrons. The predicted octanol–water partition coefficient (Wildman–Crippen LogP) is 3.35. The zero-order chi connectivity index (χ0) is 15.0. The third-order valence-corrected chi connectivity index (χ3v) is 3.88. The molecule has 5 heteroatoms. The van der Waals surface area contributed by atoms with Crippen LogP contribution in [0.15, 0.2) is 24.3 Å². The van der Waals surface area contributed by atoms with E-state index in [2.05, 4.69) is 5.32 Å². The molecule has 0 saturated heterocycles. The Morgan fingerprint density at radius 2 is 1.95 bits per heavy atom. The monoisotopic (exact) mass is 314 g/mol. The van der Waals surface area contributed by atoms with Crippen LogP contribution in [-0.4, -0.2) is 19.1 Å². The molecular weight excluding hydrogens is 288 g/mol. The molecule has 0 aliphatic heterocycles. The van der Waals surface area contributed by atoms with E-state index in [1.165, 1.54) is 0 Å². The van der Waals surface area contributed by atoms with Crippen LogP contribution >= 0.6 is 12.4 Å². The van der Waals surface area contributed by atoms with E-state index in [1.54, 1.807) is 0 Å². The number of carbonyl (C=O) groups is 1. The lowest BCUT2D eigenvalue weighted by Gasteiger charge is -2.28. The molecule has 1 rings (SSSR count). The van der Waals surface area contributed by atoms with Gasteiger partial charge in [0.2, 0.25) is 5.91 Å². The van der Waals surface area contributed by atoms with E-state index in [4.69, 9.17) is 10.5 Å². The van der Waals surface area contributed by atoms with Gasteiger partial charge in [0.15, 0.2) is 0 Å². The Labute approximate surface area is 133 Å². The molecule has 0 spiro atoms. The highest BCUT2D eigenvalue weighted by Crippen LogP contribution is 2.27. The molecule has 1 aromatic rings. The van der Waals surface area contributed by atoms with Gasteiger partial charge in [0.25, 0.3) is 0 Å². The van der Waals surface area contributed by atoms with E-state index in [1.807, 2.05) is 45.0 Å². The number of benzene rings is 1. The van der Waals surface area contributed by atoms with Gasteiger partial charge in [-0.2, -0.15) is 0 Å². The Kier molecular flexibility index (Phi) is 9.26. The van der Waals surface area contributed by atoms with Crippen molar-refractivity contribution >= 4 is 24.0 Å². The number of anilines is 1. The highest BCUT2D eigenvalue weighted by Gasteiger charge is 2.33. The minimum Gasteiger partial charge on any atom is -0.377 e. The van der Waals surface area contributed by atoms with Gasteiger partial charge in [0.1, 0.15) is 0 Å². The molecule has 0 aromatic heterocycles. The first-order valence-corrected chi connectivity index (χ1v) is 7.30. The van der Waals surface area contributed by atoms with Crippen molar-refractivity contribution in [3.63, 3.8) is 0 Å². The summed E-state index contributed by atoms with van der Waals surface area (Å²) in [5.41, 5.74) is 7.17. The Morgan fingerprint density at radius 3 is 2.48 bits per heavy atom. The van der Waals surface area contributed by atoms with E-state index in [9.17, 15) is 4.79 Å². The number of amides is 1. The summed E-state index contributed by atoms with van der Waals surface area (Å²) in [5.74, 6) is -0.00133. The Bertz CT molecular complexity index is 426. The molecule has 0 unspecified atom stereocenters. The molecule has 0 aliphatic rings. The minimum atomic E-state index is -0.476. The van der Waals surface area contributed by atoms with Crippen LogP contribution in [0.25, 0.3) is 0 Å². The maximum Gasteiger partial charge on any atom is 0.231 e.